The summed E-state index contributed by atoms with van der Waals surface area (Å²) in [6.45, 7) is 1.05. The van der Waals surface area contributed by atoms with Gasteiger partial charge in [-0.3, -0.25) is 14.4 Å². The Kier molecular flexibility index (Phi) is 5.58. The molecule has 26 heavy (non-hydrogen) atoms. The summed E-state index contributed by atoms with van der Waals surface area (Å²) in [7, 11) is 0. The van der Waals surface area contributed by atoms with Gasteiger partial charge in [-0.25, -0.2) is 0 Å². The van der Waals surface area contributed by atoms with E-state index in [0.29, 0.717) is 29.2 Å². The third-order valence-corrected chi connectivity index (χ3v) is 4.24. The van der Waals surface area contributed by atoms with Gasteiger partial charge in [-0.05, 0) is 36.8 Å². The summed E-state index contributed by atoms with van der Waals surface area (Å²) >= 11 is 6.03. The van der Waals surface area contributed by atoms with Crippen molar-refractivity contribution in [3.63, 3.8) is 0 Å². The Morgan fingerprint density at radius 2 is 1.92 bits per heavy atom. The third kappa shape index (κ3) is 4.05. The second kappa shape index (κ2) is 8.05. The van der Waals surface area contributed by atoms with Gasteiger partial charge in [0.25, 0.3) is 11.8 Å². The topological polar surface area (TPSA) is 91.7 Å². The molecular formula is C18H18ClN3O4. The van der Waals surface area contributed by atoms with Crippen molar-refractivity contribution < 1.29 is 18.8 Å². The molecule has 0 atom stereocenters. The Morgan fingerprint density at radius 3 is 2.58 bits per heavy atom. The fourth-order valence-electron chi connectivity index (χ4n) is 2.77. The van der Waals surface area contributed by atoms with Gasteiger partial charge in [-0.1, -0.05) is 11.6 Å². The largest absolute Gasteiger partial charge is 0.459 e. The van der Waals surface area contributed by atoms with E-state index < -0.39 is 0 Å². The number of nitrogens with zero attached hydrogens (tertiary/aromatic N) is 1. The number of hydrogen-bond acceptors (Lipinski definition) is 4. The standard InChI is InChI=1S/C18H18ClN3O4/c19-12-5-6-13(14(11-12)22-9-1-4-16(22)23)17(24)20-7-8-21-18(25)15-3-2-10-26-15/h2-3,5-6,10-11H,1,4,7-9H2,(H,20,24)(H,21,25). The third-order valence-electron chi connectivity index (χ3n) is 4.01. The van der Waals surface area contributed by atoms with Gasteiger partial charge in [0.15, 0.2) is 5.76 Å². The van der Waals surface area contributed by atoms with Crippen molar-refractivity contribution in [3.8, 4) is 0 Å². The molecule has 1 aromatic heterocycles. The highest BCUT2D eigenvalue weighted by Gasteiger charge is 2.26. The van der Waals surface area contributed by atoms with Crippen LogP contribution in [-0.2, 0) is 4.79 Å². The van der Waals surface area contributed by atoms with Gasteiger partial charge < -0.3 is 20.0 Å². The first-order valence-corrected chi connectivity index (χ1v) is 8.64. The van der Waals surface area contributed by atoms with Crippen molar-refractivity contribution >= 4 is 35.0 Å². The molecule has 3 amide bonds. The van der Waals surface area contributed by atoms with Crippen molar-refractivity contribution in [2.24, 2.45) is 0 Å². The first kappa shape index (κ1) is 18.0. The molecular weight excluding hydrogens is 358 g/mol. The Hall–Kier alpha value is -2.80. The summed E-state index contributed by atoms with van der Waals surface area (Å²) < 4.78 is 4.99. The minimum Gasteiger partial charge on any atom is -0.459 e. The molecule has 3 rings (SSSR count). The maximum Gasteiger partial charge on any atom is 0.287 e. The van der Waals surface area contributed by atoms with E-state index in [4.69, 9.17) is 16.0 Å². The van der Waals surface area contributed by atoms with Crippen LogP contribution in [0.3, 0.4) is 0 Å². The monoisotopic (exact) mass is 375 g/mol. The number of carbonyl (C=O) groups is 3. The molecule has 136 valence electrons. The second-order valence-corrected chi connectivity index (χ2v) is 6.24. The van der Waals surface area contributed by atoms with Gasteiger partial charge in [0.2, 0.25) is 5.91 Å². The highest BCUT2D eigenvalue weighted by atomic mass is 35.5. The molecule has 2 aromatic rings. The summed E-state index contributed by atoms with van der Waals surface area (Å²) in [6, 6.07) is 8.01. The molecule has 0 aliphatic carbocycles. The van der Waals surface area contributed by atoms with E-state index in [1.165, 1.54) is 6.26 Å². The molecule has 1 aliphatic rings. The summed E-state index contributed by atoms with van der Waals surface area (Å²) in [4.78, 5) is 37.8. The number of amides is 3. The van der Waals surface area contributed by atoms with E-state index >= 15 is 0 Å². The zero-order valence-corrected chi connectivity index (χ0v) is 14.7. The number of halogens is 1. The summed E-state index contributed by atoms with van der Waals surface area (Å²) in [5.41, 5.74) is 0.888. The summed E-state index contributed by atoms with van der Waals surface area (Å²) in [5.74, 6) is -0.487. The minimum absolute atomic E-state index is 0.0213. The van der Waals surface area contributed by atoms with Crippen LogP contribution in [0.5, 0.6) is 0 Å². The Morgan fingerprint density at radius 1 is 1.15 bits per heavy atom. The molecule has 8 heteroatoms. The van der Waals surface area contributed by atoms with E-state index in [0.717, 1.165) is 6.42 Å². The van der Waals surface area contributed by atoms with Gasteiger partial charge >= 0.3 is 0 Å². The van der Waals surface area contributed by atoms with Crippen LogP contribution in [0.15, 0.2) is 41.0 Å². The highest BCUT2D eigenvalue weighted by molar-refractivity contribution is 6.31. The van der Waals surface area contributed by atoms with Crippen molar-refractivity contribution in [3.05, 3.63) is 52.9 Å². The van der Waals surface area contributed by atoms with Crippen molar-refractivity contribution in [1.82, 2.24) is 10.6 Å². The zero-order chi connectivity index (χ0) is 18.5. The molecule has 0 bridgehead atoms. The van der Waals surface area contributed by atoms with Crippen LogP contribution in [-0.4, -0.2) is 37.4 Å². The molecule has 1 aromatic carbocycles. The molecule has 2 N–H and O–H groups in total. The van der Waals surface area contributed by atoms with Crippen LogP contribution in [0.1, 0.15) is 33.8 Å². The van der Waals surface area contributed by atoms with Gasteiger partial charge in [0, 0.05) is 31.1 Å². The number of benzene rings is 1. The molecule has 0 spiro atoms. The molecule has 1 aliphatic heterocycles. The Labute approximate surface area is 155 Å². The van der Waals surface area contributed by atoms with Gasteiger partial charge in [-0.2, -0.15) is 0 Å². The fourth-order valence-corrected chi connectivity index (χ4v) is 2.93. The molecule has 7 nitrogen and oxygen atoms in total. The van der Waals surface area contributed by atoms with Gasteiger partial charge in [-0.15, -0.1) is 0 Å². The summed E-state index contributed by atoms with van der Waals surface area (Å²) in [6.07, 6.45) is 2.63. The lowest BCUT2D eigenvalue weighted by Crippen LogP contribution is -2.35. The second-order valence-electron chi connectivity index (χ2n) is 5.80. The average molecular weight is 376 g/mol. The van der Waals surface area contributed by atoms with Gasteiger partial charge in [0.1, 0.15) is 0 Å². The molecule has 0 saturated carbocycles. The maximum absolute atomic E-state index is 12.5. The SMILES string of the molecule is O=C(NCCNC(=O)c1ccc(Cl)cc1N1CCCC1=O)c1ccco1. The highest BCUT2D eigenvalue weighted by Crippen LogP contribution is 2.28. The van der Waals surface area contributed by atoms with Crippen molar-refractivity contribution in [1.29, 1.82) is 0 Å². The van der Waals surface area contributed by atoms with Crippen LogP contribution in [0.25, 0.3) is 0 Å². The van der Waals surface area contributed by atoms with Crippen molar-refractivity contribution in [2.75, 3.05) is 24.5 Å². The van der Waals surface area contributed by atoms with E-state index in [1.54, 1.807) is 35.2 Å². The molecule has 2 heterocycles. The molecule has 1 saturated heterocycles. The predicted octanol–water partition coefficient (Wildman–Crippen LogP) is 2.22. The Balaban J connectivity index is 1.59. The smallest absolute Gasteiger partial charge is 0.287 e. The maximum atomic E-state index is 12.5. The number of hydrogen-bond donors (Lipinski definition) is 2. The number of carbonyl (C=O) groups excluding carboxylic acids is 3. The summed E-state index contributed by atoms with van der Waals surface area (Å²) in [5, 5.41) is 5.84. The predicted molar refractivity (Wildman–Crippen MR) is 96.4 cm³/mol. The van der Waals surface area contributed by atoms with Crippen LogP contribution in [0.4, 0.5) is 5.69 Å². The van der Waals surface area contributed by atoms with Crippen LogP contribution in [0, 0.1) is 0 Å². The van der Waals surface area contributed by atoms with Crippen LogP contribution < -0.4 is 15.5 Å². The van der Waals surface area contributed by atoms with Gasteiger partial charge in [0.05, 0.1) is 17.5 Å². The van der Waals surface area contributed by atoms with Crippen LogP contribution in [0.2, 0.25) is 5.02 Å². The zero-order valence-electron chi connectivity index (χ0n) is 14.0. The quantitative estimate of drug-likeness (QED) is 0.757. The average Bonchev–Trinajstić information content (AvgIpc) is 3.29. The molecule has 0 radical (unpaired) electrons. The lowest BCUT2D eigenvalue weighted by atomic mass is 10.1. The fraction of sp³-hybridized carbons (Fsp3) is 0.278. The van der Waals surface area contributed by atoms with E-state index in [1.807, 2.05) is 0 Å². The molecule has 0 unspecified atom stereocenters. The normalized spacial score (nSPS) is 13.7. The minimum atomic E-state index is -0.348. The molecule has 1 fully saturated rings. The first-order valence-electron chi connectivity index (χ1n) is 8.26. The number of anilines is 1. The van der Waals surface area contributed by atoms with E-state index in [-0.39, 0.29) is 36.6 Å². The number of furan rings is 1. The van der Waals surface area contributed by atoms with Crippen LogP contribution >= 0.6 is 11.6 Å². The first-order chi connectivity index (χ1) is 12.6. The lowest BCUT2D eigenvalue weighted by Gasteiger charge is -2.19. The van der Waals surface area contributed by atoms with E-state index in [2.05, 4.69) is 10.6 Å². The van der Waals surface area contributed by atoms with E-state index in [9.17, 15) is 14.4 Å². The number of nitrogens with one attached hydrogen (secondary N) is 2. The lowest BCUT2D eigenvalue weighted by molar-refractivity contribution is -0.117. The Bertz CT molecular complexity index is 820. The van der Waals surface area contributed by atoms with Crippen molar-refractivity contribution in [2.45, 2.75) is 12.8 Å². The number of rotatable bonds is 6.